The number of halogens is 7. The maximum absolute atomic E-state index is 13.2. The van der Waals surface area contributed by atoms with E-state index in [0.717, 1.165) is 0 Å². The van der Waals surface area contributed by atoms with Gasteiger partial charge in [-0.3, -0.25) is 0 Å². The Morgan fingerprint density at radius 1 is 0.789 bits per heavy atom. The molecule has 0 spiro atoms. The maximum Gasteiger partial charge on any atom is 0.488 e. The van der Waals surface area contributed by atoms with E-state index in [1.807, 2.05) is 0 Å². The summed E-state index contributed by atoms with van der Waals surface area (Å²) in [5.41, 5.74) is -1.91. The van der Waals surface area contributed by atoms with Crippen molar-refractivity contribution in [2.24, 2.45) is 0 Å². The molecule has 0 saturated carbocycles. The monoisotopic (exact) mass is 290 g/mol. The van der Waals surface area contributed by atoms with Crippen molar-refractivity contribution in [1.82, 2.24) is 0 Å². The number of rotatable bonds is 3. The van der Waals surface area contributed by atoms with Gasteiger partial charge in [-0.25, -0.2) is 0 Å². The predicted octanol–water partition coefficient (Wildman–Crippen LogP) is 1.66. The molecule has 0 aliphatic rings. The van der Waals surface area contributed by atoms with E-state index in [9.17, 15) is 30.7 Å². The highest BCUT2D eigenvalue weighted by Gasteiger charge is 2.73. The number of alkyl halides is 7. The molecule has 0 saturated heterocycles. The van der Waals surface area contributed by atoms with E-state index in [2.05, 4.69) is 0 Å². The molecule has 2 N–H and O–H groups in total. The first-order valence-corrected chi connectivity index (χ1v) is 4.70. The first-order valence-electron chi connectivity index (χ1n) is 4.70. The van der Waals surface area contributed by atoms with Crippen LogP contribution >= 0.6 is 0 Å². The second-order valence-corrected chi connectivity index (χ2v) is 3.64. The van der Waals surface area contributed by atoms with Gasteiger partial charge in [0.2, 0.25) is 0 Å². The van der Waals surface area contributed by atoms with Crippen LogP contribution in [0.4, 0.5) is 30.7 Å². The maximum atomic E-state index is 13.2. The van der Waals surface area contributed by atoms with Crippen molar-refractivity contribution >= 4 is 12.6 Å². The van der Waals surface area contributed by atoms with Gasteiger partial charge in [0.25, 0.3) is 0 Å². The van der Waals surface area contributed by atoms with Crippen LogP contribution in [0, 0.1) is 0 Å². The van der Waals surface area contributed by atoms with Crippen molar-refractivity contribution in [1.29, 1.82) is 0 Å². The van der Waals surface area contributed by atoms with Crippen LogP contribution in [0.25, 0.3) is 0 Å². The Balaban J connectivity index is 3.20. The Labute approximate surface area is 102 Å². The van der Waals surface area contributed by atoms with Crippen LogP contribution in [0.5, 0.6) is 0 Å². The molecule has 0 amide bonds. The van der Waals surface area contributed by atoms with Crippen LogP contribution in [-0.4, -0.2) is 29.3 Å². The molecule has 0 bridgehead atoms. The average Bonchev–Trinajstić information content (AvgIpc) is 2.27. The van der Waals surface area contributed by atoms with E-state index < -0.39 is 30.7 Å². The van der Waals surface area contributed by atoms with Crippen molar-refractivity contribution in [2.45, 2.75) is 18.0 Å². The van der Waals surface area contributed by atoms with Crippen LogP contribution in [0.15, 0.2) is 24.3 Å². The van der Waals surface area contributed by atoms with Crippen molar-refractivity contribution in [3.8, 4) is 0 Å². The van der Waals surface area contributed by atoms with Gasteiger partial charge in [0.05, 0.1) is 0 Å². The summed E-state index contributed by atoms with van der Waals surface area (Å²) in [6.45, 7) is 0. The van der Waals surface area contributed by atoms with Crippen LogP contribution in [0.2, 0.25) is 0 Å². The minimum absolute atomic E-state index is 0.272. The zero-order valence-electron chi connectivity index (χ0n) is 8.93. The molecule has 0 aromatic heterocycles. The lowest BCUT2D eigenvalue weighted by Gasteiger charge is -2.28. The molecule has 2 nitrogen and oxygen atoms in total. The predicted molar refractivity (Wildman–Crippen MR) is 51.2 cm³/mol. The van der Waals surface area contributed by atoms with Crippen LogP contribution in [0.3, 0.4) is 0 Å². The summed E-state index contributed by atoms with van der Waals surface area (Å²) >= 11 is 0. The summed E-state index contributed by atoms with van der Waals surface area (Å²) in [5.74, 6) is -11.7. The van der Waals surface area contributed by atoms with Gasteiger partial charge in [-0.15, -0.1) is 0 Å². The van der Waals surface area contributed by atoms with Crippen LogP contribution in [-0.2, 0) is 5.92 Å². The number of hydrogen-bond acceptors (Lipinski definition) is 2. The van der Waals surface area contributed by atoms with Gasteiger partial charge in [0.15, 0.2) is 0 Å². The third-order valence-corrected chi connectivity index (χ3v) is 2.32. The summed E-state index contributed by atoms with van der Waals surface area (Å²) in [4.78, 5) is 0. The molecule has 10 heteroatoms. The highest BCUT2D eigenvalue weighted by molar-refractivity contribution is 6.58. The Hall–Kier alpha value is -1.29. The van der Waals surface area contributed by atoms with Crippen molar-refractivity contribution < 1.29 is 40.8 Å². The van der Waals surface area contributed by atoms with Crippen molar-refractivity contribution in [3.63, 3.8) is 0 Å². The third-order valence-electron chi connectivity index (χ3n) is 2.32. The quantitative estimate of drug-likeness (QED) is 0.656. The van der Waals surface area contributed by atoms with Crippen LogP contribution < -0.4 is 5.46 Å². The molecule has 0 aliphatic heterocycles. The second-order valence-electron chi connectivity index (χ2n) is 3.64. The summed E-state index contributed by atoms with van der Waals surface area (Å²) in [7, 11) is -2.05. The van der Waals surface area contributed by atoms with Gasteiger partial charge >= 0.3 is 25.1 Å². The van der Waals surface area contributed by atoms with E-state index in [1.54, 1.807) is 0 Å². The molecule has 0 aliphatic carbocycles. The van der Waals surface area contributed by atoms with E-state index in [-0.39, 0.29) is 17.6 Å². The Morgan fingerprint density at radius 2 is 1.21 bits per heavy atom. The fraction of sp³-hybridized carbons (Fsp3) is 0.333. The average molecular weight is 290 g/mol. The molecule has 0 heterocycles. The molecule has 1 rings (SSSR count). The van der Waals surface area contributed by atoms with Gasteiger partial charge in [0.1, 0.15) is 0 Å². The van der Waals surface area contributed by atoms with Gasteiger partial charge in [0, 0.05) is 5.56 Å². The summed E-state index contributed by atoms with van der Waals surface area (Å²) in [6.07, 6.45) is -6.41. The lowest BCUT2D eigenvalue weighted by molar-refractivity contribution is -0.359. The topological polar surface area (TPSA) is 40.5 Å². The molecular weight excluding hydrogens is 284 g/mol. The second kappa shape index (κ2) is 4.67. The molecule has 1 aromatic carbocycles. The Morgan fingerprint density at radius 3 is 1.53 bits per heavy atom. The molecule has 0 radical (unpaired) electrons. The first kappa shape index (κ1) is 15.8. The molecule has 19 heavy (non-hydrogen) atoms. The minimum atomic E-state index is -6.41. The third kappa shape index (κ3) is 2.68. The van der Waals surface area contributed by atoms with E-state index in [1.165, 1.54) is 0 Å². The number of hydrogen-bond donors (Lipinski definition) is 2. The van der Waals surface area contributed by atoms with Gasteiger partial charge < -0.3 is 10.0 Å². The minimum Gasteiger partial charge on any atom is -0.423 e. The van der Waals surface area contributed by atoms with E-state index in [4.69, 9.17) is 10.0 Å². The first-order chi connectivity index (χ1) is 8.41. The number of benzene rings is 1. The van der Waals surface area contributed by atoms with Crippen molar-refractivity contribution in [3.05, 3.63) is 29.8 Å². The zero-order chi connectivity index (χ0) is 15.1. The summed E-state index contributed by atoms with van der Waals surface area (Å²) in [6, 6.07) is 1.77. The largest absolute Gasteiger partial charge is 0.488 e. The normalized spacial score (nSPS) is 13.5. The molecule has 0 unspecified atom stereocenters. The van der Waals surface area contributed by atoms with Gasteiger partial charge in [-0.05, 0) is 5.46 Å². The summed E-state index contributed by atoms with van der Waals surface area (Å²) < 4.78 is 87.4. The highest BCUT2D eigenvalue weighted by atomic mass is 19.4. The van der Waals surface area contributed by atoms with E-state index in [0.29, 0.717) is 12.1 Å². The van der Waals surface area contributed by atoms with Crippen LogP contribution in [0.1, 0.15) is 5.56 Å². The van der Waals surface area contributed by atoms with Crippen molar-refractivity contribution in [2.75, 3.05) is 0 Å². The fourth-order valence-electron chi connectivity index (χ4n) is 1.22. The Bertz CT molecular complexity index is 441. The highest BCUT2D eigenvalue weighted by Crippen LogP contribution is 2.51. The SMILES string of the molecule is OB(O)c1ccc(C(F)(F)C(F)(F)C(F)(F)F)cc1. The lowest BCUT2D eigenvalue weighted by atomic mass is 9.79. The molecule has 106 valence electrons. The zero-order valence-corrected chi connectivity index (χ0v) is 8.93. The van der Waals surface area contributed by atoms with Gasteiger partial charge in [-0.2, -0.15) is 30.7 Å². The lowest BCUT2D eigenvalue weighted by Crippen LogP contribution is -2.50. The fourth-order valence-corrected chi connectivity index (χ4v) is 1.22. The summed E-state index contributed by atoms with van der Waals surface area (Å²) in [5, 5.41) is 17.3. The van der Waals surface area contributed by atoms with E-state index >= 15 is 0 Å². The van der Waals surface area contributed by atoms with Gasteiger partial charge in [-0.1, -0.05) is 24.3 Å². The molecule has 0 fully saturated rings. The smallest absolute Gasteiger partial charge is 0.423 e. The molecular formula is C9H6BF7O2. The molecule has 0 atom stereocenters. The Kier molecular flexibility index (Phi) is 3.88. The molecule has 1 aromatic rings. The standard InChI is InChI=1S/C9H6BF7O2/c11-7(12,8(13,14)9(15,16)17)5-1-3-6(4-2-5)10(18)19/h1-4,18-19H.